The number of carboxylic acid groups (broad SMARTS) is 1. The summed E-state index contributed by atoms with van der Waals surface area (Å²) in [7, 11) is 0. The van der Waals surface area contributed by atoms with Crippen LogP contribution in [0.5, 0.6) is 11.5 Å². The second kappa shape index (κ2) is 9.32. The van der Waals surface area contributed by atoms with E-state index in [0.717, 1.165) is 24.8 Å². The van der Waals surface area contributed by atoms with E-state index >= 15 is 0 Å². The minimum atomic E-state index is -1.36. The smallest absolute Gasteiger partial charge is 0.327 e. The van der Waals surface area contributed by atoms with E-state index in [1.54, 1.807) is 13.8 Å². The fourth-order valence-electron chi connectivity index (χ4n) is 4.51. The highest BCUT2D eigenvalue weighted by molar-refractivity contribution is 7.99. The van der Waals surface area contributed by atoms with Crippen LogP contribution in [0.25, 0.3) is 32.3 Å². The van der Waals surface area contributed by atoms with Gasteiger partial charge in [0.2, 0.25) is 16.8 Å². The predicted molar refractivity (Wildman–Crippen MR) is 140 cm³/mol. The Labute approximate surface area is 211 Å². The van der Waals surface area contributed by atoms with Crippen LogP contribution in [0, 0.1) is 0 Å². The van der Waals surface area contributed by atoms with Gasteiger partial charge in [-0.05, 0) is 18.1 Å². The summed E-state index contributed by atoms with van der Waals surface area (Å²) >= 11 is 0.748. The summed E-state index contributed by atoms with van der Waals surface area (Å²) in [6.07, 6.45) is 0. The van der Waals surface area contributed by atoms with E-state index < -0.39 is 67.8 Å². The van der Waals surface area contributed by atoms with E-state index in [9.17, 15) is 44.1 Å². The van der Waals surface area contributed by atoms with Crippen molar-refractivity contribution in [3.63, 3.8) is 0 Å². The molecule has 190 valence electrons. The van der Waals surface area contributed by atoms with Crippen molar-refractivity contribution in [2.45, 2.75) is 37.6 Å². The molecule has 4 aromatic rings. The first-order valence-electron chi connectivity index (χ1n) is 11.1. The first kappa shape index (κ1) is 25.8. The van der Waals surface area contributed by atoms with Gasteiger partial charge in [-0.15, -0.1) is 11.8 Å². The number of hydrogen-bond donors (Lipinski definition) is 4. The largest absolute Gasteiger partial charge is 0.507 e. The number of phenols is 2. The maximum atomic E-state index is 13.8. The van der Waals surface area contributed by atoms with Gasteiger partial charge in [-0.25, -0.2) is 4.79 Å². The number of amides is 1. The lowest BCUT2D eigenvalue weighted by molar-refractivity contribution is -0.140. The van der Waals surface area contributed by atoms with Gasteiger partial charge in [0, 0.05) is 39.8 Å². The molecule has 11 heteroatoms. The van der Waals surface area contributed by atoms with Crippen LogP contribution in [0.3, 0.4) is 0 Å². The molecular formula is C26H21NO9S. The van der Waals surface area contributed by atoms with Crippen LogP contribution < -0.4 is 27.0 Å². The van der Waals surface area contributed by atoms with Crippen LogP contribution in [0.4, 0.5) is 0 Å². The quantitative estimate of drug-likeness (QED) is 0.165. The molecule has 0 spiro atoms. The number of thioether (sulfide) groups is 1. The van der Waals surface area contributed by atoms with Crippen molar-refractivity contribution in [3.8, 4) is 11.5 Å². The Bertz CT molecular complexity index is 1850. The van der Waals surface area contributed by atoms with Crippen LogP contribution >= 0.6 is 11.8 Å². The minimum absolute atomic E-state index is 0.0569. The van der Waals surface area contributed by atoms with E-state index in [2.05, 4.69) is 5.32 Å². The summed E-state index contributed by atoms with van der Waals surface area (Å²) in [4.78, 5) is 77.0. The summed E-state index contributed by atoms with van der Waals surface area (Å²) in [5, 5.41) is 30.5. The van der Waals surface area contributed by atoms with Gasteiger partial charge in [0.15, 0.2) is 10.9 Å². The second-order valence-corrected chi connectivity index (χ2v) is 9.91. The Morgan fingerprint density at radius 2 is 1.54 bits per heavy atom. The maximum absolute atomic E-state index is 13.8. The highest BCUT2D eigenvalue weighted by atomic mass is 32.2. The molecule has 0 saturated heterocycles. The van der Waals surface area contributed by atoms with Crippen LogP contribution in [-0.2, 0) is 9.59 Å². The lowest BCUT2D eigenvalue weighted by Crippen LogP contribution is -2.41. The summed E-state index contributed by atoms with van der Waals surface area (Å²) < 4.78 is 0. The molecule has 1 amide bonds. The van der Waals surface area contributed by atoms with E-state index in [-0.39, 0.29) is 37.8 Å². The predicted octanol–water partition coefficient (Wildman–Crippen LogP) is 1.68. The molecule has 0 aliphatic carbocycles. The summed E-state index contributed by atoms with van der Waals surface area (Å²) in [6.45, 7) is 4.45. The summed E-state index contributed by atoms with van der Waals surface area (Å²) in [6, 6.07) is 3.45. The fourth-order valence-corrected chi connectivity index (χ4v) is 5.78. The second-order valence-electron chi connectivity index (χ2n) is 8.88. The number of carboxylic acids is 1. The molecule has 1 atom stereocenters. The van der Waals surface area contributed by atoms with Gasteiger partial charge >= 0.3 is 5.97 Å². The number of carbonyl (C=O) groups excluding carboxylic acids is 1. The topological polar surface area (TPSA) is 175 Å². The maximum Gasteiger partial charge on any atom is 0.327 e. The fraction of sp³-hybridized carbons (Fsp3) is 0.231. The van der Waals surface area contributed by atoms with E-state index in [4.69, 9.17) is 0 Å². The first-order chi connectivity index (χ1) is 17.4. The highest BCUT2D eigenvalue weighted by Gasteiger charge is 2.27. The normalized spacial score (nSPS) is 12.4. The van der Waals surface area contributed by atoms with Gasteiger partial charge in [-0.1, -0.05) is 26.0 Å². The Balaban J connectivity index is 2.16. The van der Waals surface area contributed by atoms with E-state index in [0.29, 0.717) is 0 Å². The van der Waals surface area contributed by atoms with Gasteiger partial charge in [0.05, 0.1) is 15.7 Å². The molecule has 0 aliphatic heterocycles. The molecule has 0 bridgehead atoms. The van der Waals surface area contributed by atoms with E-state index in [1.165, 1.54) is 18.2 Å². The number of carbonyl (C=O) groups is 2. The van der Waals surface area contributed by atoms with Gasteiger partial charge in [-0.2, -0.15) is 0 Å². The number of hydrogen-bond acceptors (Lipinski definition) is 9. The number of rotatable bonds is 6. The summed E-state index contributed by atoms with van der Waals surface area (Å²) in [5.41, 5.74) is -3.09. The molecule has 4 rings (SSSR count). The number of nitrogens with one attached hydrogen (secondary N) is 1. The zero-order valence-electron chi connectivity index (χ0n) is 19.9. The third-order valence-electron chi connectivity index (χ3n) is 6.09. The third-order valence-corrected chi connectivity index (χ3v) is 7.28. The van der Waals surface area contributed by atoms with Crippen LogP contribution in [0.1, 0.15) is 32.3 Å². The molecule has 1 unspecified atom stereocenters. The van der Waals surface area contributed by atoms with Crippen LogP contribution in [-0.4, -0.2) is 39.0 Å². The average Bonchev–Trinajstić information content (AvgIpc) is 2.81. The van der Waals surface area contributed by atoms with Crippen molar-refractivity contribution < 1.29 is 24.9 Å². The first-order valence-corrected chi connectivity index (χ1v) is 12.1. The molecule has 0 saturated carbocycles. The molecule has 10 nitrogen and oxygen atoms in total. The van der Waals surface area contributed by atoms with Crippen LogP contribution in [0.15, 0.2) is 48.3 Å². The Hall–Kier alpha value is -4.25. The van der Waals surface area contributed by atoms with Gasteiger partial charge in [0.25, 0.3) is 0 Å². The third kappa shape index (κ3) is 4.10. The molecule has 0 aliphatic rings. The molecule has 0 fully saturated rings. The SMILES string of the molecule is CC(=O)NC(CSc1c(C(C)C)c(=O)c2cc(O)c3c(=O)c4c(O)cccc4c(=O)c3c2c1=O)C(=O)O. The monoisotopic (exact) mass is 523 g/mol. The van der Waals surface area contributed by atoms with Crippen molar-refractivity contribution in [2.24, 2.45) is 0 Å². The number of benzene rings is 4. The minimum Gasteiger partial charge on any atom is -0.507 e. The van der Waals surface area contributed by atoms with Crippen molar-refractivity contribution in [3.05, 3.63) is 70.7 Å². The Kier molecular flexibility index (Phi) is 6.51. The Morgan fingerprint density at radius 3 is 2.14 bits per heavy atom. The Morgan fingerprint density at radius 1 is 0.865 bits per heavy atom. The number of aliphatic carboxylic acids is 1. The molecule has 0 heterocycles. The van der Waals surface area contributed by atoms with Crippen molar-refractivity contribution >= 4 is 56.0 Å². The molecule has 37 heavy (non-hydrogen) atoms. The van der Waals surface area contributed by atoms with Crippen molar-refractivity contribution in [2.75, 3.05) is 5.75 Å². The number of aromatic hydroxyl groups is 2. The highest BCUT2D eigenvalue weighted by Crippen LogP contribution is 2.33. The van der Waals surface area contributed by atoms with Gasteiger partial charge in [0.1, 0.15) is 17.5 Å². The van der Waals surface area contributed by atoms with Gasteiger partial charge in [-0.3, -0.25) is 24.0 Å². The molecular weight excluding hydrogens is 502 g/mol. The zero-order valence-corrected chi connectivity index (χ0v) is 20.7. The molecule has 0 aromatic heterocycles. The number of phenolic OH excluding ortho intramolecular Hbond substituents is 2. The standard InChI is InChI=1S/C26H21NO9S/c1-9(2)16-22(32)12-7-15(30)19-20(21(31)11-5-4-6-14(29)17(11)23(19)33)18(12)24(34)25(16)37-8-13(26(35)36)27-10(3)28/h4-7,9,13,29-30H,8H2,1-3H3,(H,27,28)(H,35,36). The molecule has 4 N–H and O–H groups in total. The van der Waals surface area contributed by atoms with Crippen LogP contribution in [0.2, 0.25) is 0 Å². The molecule has 0 radical (unpaired) electrons. The lowest BCUT2D eigenvalue weighted by atomic mass is 9.92. The zero-order chi connectivity index (χ0) is 27.3. The van der Waals surface area contributed by atoms with E-state index in [1.807, 2.05) is 0 Å². The average molecular weight is 524 g/mol. The molecule has 4 aromatic carbocycles. The van der Waals surface area contributed by atoms with Crippen molar-refractivity contribution in [1.29, 1.82) is 0 Å². The van der Waals surface area contributed by atoms with Gasteiger partial charge < -0.3 is 20.6 Å². The lowest BCUT2D eigenvalue weighted by Gasteiger charge is -2.16. The van der Waals surface area contributed by atoms with Crippen molar-refractivity contribution in [1.82, 2.24) is 5.32 Å². The summed E-state index contributed by atoms with van der Waals surface area (Å²) in [5.74, 6) is -3.89. The number of fused-ring (bicyclic) bond motifs is 4.